The first-order valence-corrected chi connectivity index (χ1v) is 11.1. The summed E-state index contributed by atoms with van der Waals surface area (Å²) in [5.74, 6) is 0. The zero-order valence-corrected chi connectivity index (χ0v) is 22.7. The molecule has 0 unspecified atom stereocenters. The van der Waals surface area contributed by atoms with Gasteiger partial charge >= 0.3 is 0 Å². The number of aryl methyl sites for hydroxylation is 2. The molecular weight excluding hydrogens is 470 g/mol. The van der Waals surface area contributed by atoms with Crippen LogP contribution in [0.4, 0.5) is 0 Å². The number of rotatable bonds is 0. The second-order valence-corrected chi connectivity index (χ2v) is 8.42. The molecule has 4 aromatic rings. The van der Waals surface area contributed by atoms with E-state index in [0.717, 1.165) is 44.8 Å². The largest absolute Gasteiger partial charge is 0.355 e. The molecule has 5 heterocycles. The van der Waals surface area contributed by atoms with Crippen LogP contribution < -0.4 is 0 Å². The Kier molecular flexibility index (Phi) is 7.04. The molecule has 6 rings (SSSR count). The molecule has 2 N–H and O–H groups in total. The van der Waals surface area contributed by atoms with Crippen LogP contribution in [0.2, 0.25) is 0 Å². The van der Waals surface area contributed by atoms with Crippen molar-refractivity contribution in [2.75, 3.05) is 0 Å². The van der Waals surface area contributed by atoms with E-state index in [1.165, 1.54) is 16.7 Å². The number of fused-ring (bicyclic) bond motifs is 8. The summed E-state index contributed by atoms with van der Waals surface area (Å²) in [4.78, 5) is 16.0. The van der Waals surface area contributed by atoms with Gasteiger partial charge in [0.25, 0.3) is 0 Å². The van der Waals surface area contributed by atoms with Crippen LogP contribution >= 0.6 is 0 Å². The van der Waals surface area contributed by atoms with Crippen molar-refractivity contribution in [3.63, 3.8) is 0 Å². The van der Waals surface area contributed by atoms with Crippen molar-refractivity contribution in [3.05, 3.63) is 106 Å². The molecule has 0 saturated carbocycles. The average Bonchev–Trinajstić information content (AvgIpc) is 3.58. The average molecular weight is 496 g/mol. The molecule has 1 aromatic carbocycles. The number of hydrogen-bond donors (Lipinski definition) is 2. The van der Waals surface area contributed by atoms with Gasteiger partial charge < -0.3 is 9.97 Å². The van der Waals surface area contributed by atoms with Gasteiger partial charge in [0.15, 0.2) is 0 Å². The second-order valence-electron chi connectivity index (χ2n) is 8.42. The van der Waals surface area contributed by atoms with Gasteiger partial charge in [0.05, 0.1) is 22.8 Å². The summed E-state index contributed by atoms with van der Waals surface area (Å²) in [5.41, 5.74) is 12.0. The number of H-pyrrole nitrogens is 2. The second kappa shape index (κ2) is 10.2. The summed E-state index contributed by atoms with van der Waals surface area (Å²) >= 11 is 0. The molecule has 4 nitrogen and oxygen atoms in total. The molecule has 3 aromatic heterocycles. The van der Waals surface area contributed by atoms with E-state index in [-0.39, 0.29) is 19.5 Å². The fraction of sp³-hybridized carbons (Fsp3) is 0.103. The minimum Gasteiger partial charge on any atom is -0.355 e. The van der Waals surface area contributed by atoms with Crippen molar-refractivity contribution in [3.8, 4) is 0 Å². The Hall–Kier alpha value is -3.56. The molecule has 2 aliphatic heterocycles. The Morgan fingerprint density at radius 3 is 1.12 bits per heavy atom. The molecule has 0 aliphatic carbocycles. The molecule has 0 radical (unpaired) electrons. The zero-order chi connectivity index (χ0) is 22.8. The van der Waals surface area contributed by atoms with Crippen LogP contribution in [0.25, 0.3) is 46.4 Å². The minimum atomic E-state index is 0. The van der Waals surface area contributed by atoms with E-state index in [2.05, 4.69) is 83.2 Å². The van der Waals surface area contributed by atoms with E-state index in [1.807, 2.05) is 48.6 Å². The summed E-state index contributed by atoms with van der Waals surface area (Å²) in [6, 6.07) is 22.7. The SMILES string of the molecule is C1=Cc2cc3ccc(cc4nc(cc5ccc(cc1n2)[nH]5)C=C4)[nH]3.Cc1cccc(C)c1C.[Zn]. The van der Waals surface area contributed by atoms with E-state index in [0.29, 0.717) is 0 Å². The van der Waals surface area contributed by atoms with E-state index in [4.69, 9.17) is 0 Å². The molecule has 164 valence electrons. The third-order valence-electron chi connectivity index (χ3n) is 5.92. The van der Waals surface area contributed by atoms with Gasteiger partial charge in [-0.2, -0.15) is 0 Å². The van der Waals surface area contributed by atoms with Gasteiger partial charge in [-0.05, 0) is 110 Å². The van der Waals surface area contributed by atoms with Gasteiger partial charge in [0.2, 0.25) is 0 Å². The summed E-state index contributed by atoms with van der Waals surface area (Å²) in [6.45, 7) is 6.44. The number of benzene rings is 1. The fourth-order valence-electron chi connectivity index (χ4n) is 3.84. The van der Waals surface area contributed by atoms with Crippen LogP contribution in [0, 0.1) is 20.8 Å². The van der Waals surface area contributed by atoms with Crippen LogP contribution in [-0.4, -0.2) is 19.9 Å². The van der Waals surface area contributed by atoms with Crippen LogP contribution in [-0.2, 0) is 19.5 Å². The quantitative estimate of drug-likeness (QED) is 0.218. The Bertz CT molecular complexity index is 1360. The number of hydrogen-bond acceptors (Lipinski definition) is 2. The van der Waals surface area contributed by atoms with Crippen molar-refractivity contribution < 1.29 is 19.5 Å². The van der Waals surface area contributed by atoms with Crippen LogP contribution in [0.5, 0.6) is 0 Å². The van der Waals surface area contributed by atoms with Gasteiger partial charge in [0.1, 0.15) is 0 Å². The standard InChI is InChI=1S/C20H14N4.C9H12.Zn/c1-2-14-10-16-5-6-18(23-16)12-20-8-7-19(24-20)11-17-4-3-15(22-17)9-13(1)21-14;1-7-5-4-6-8(2)9(7)3;/h1-12,21,24H;4-6H,1-3H3;. The van der Waals surface area contributed by atoms with Crippen molar-refractivity contribution in [1.29, 1.82) is 0 Å². The third kappa shape index (κ3) is 5.49. The van der Waals surface area contributed by atoms with Crippen LogP contribution in [0.15, 0.2) is 66.7 Å². The Labute approximate surface area is 212 Å². The summed E-state index contributed by atoms with van der Waals surface area (Å²) in [5, 5.41) is 0. The monoisotopic (exact) mass is 494 g/mol. The van der Waals surface area contributed by atoms with Crippen molar-refractivity contribution in [2.45, 2.75) is 20.8 Å². The summed E-state index contributed by atoms with van der Waals surface area (Å²) in [6.07, 6.45) is 8.09. The van der Waals surface area contributed by atoms with Gasteiger partial charge in [-0.3, -0.25) is 0 Å². The molecule has 8 bridgehead atoms. The molecule has 2 aliphatic rings. The third-order valence-corrected chi connectivity index (χ3v) is 5.92. The molecule has 0 amide bonds. The molecular formula is C29H26N4Zn. The smallest absolute Gasteiger partial charge is 0.0658 e. The first-order valence-electron chi connectivity index (χ1n) is 11.1. The van der Waals surface area contributed by atoms with Gasteiger partial charge in [0, 0.05) is 41.5 Å². The molecule has 0 fully saturated rings. The molecule has 0 atom stereocenters. The molecule has 0 spiro atoms. The maximum Gasteiger partial charge on any atom is 0.0658 e. The maximum absolute atomic E-state index is 4.63. The number of aromatic nitrogens is 4. The zero-order valence-electron chi connectivity index (χ0n) is 19.8. The number of nitrogens with one attached hydrogen (secondary N) is 2. The first-order chi connectivity index (χ1) is 16.0. The maximum atomic E-state index is 4.63. The van der Waals surface area contributed by atoms with E-state index >= 15 is 0 Å². The topological polar surface area (TPSA) is 57.4 Å². The van der Waals surface area contributed by atoms with Gasteiger partial charge in [-0.1, -0.05) is 18.2 Å². The van der Waals surface area contributed by atoms with E-state index in [1.54, 1.807) is 0 Å². The van der Waals surface area contributed by atoms with Gasteiger partial charge in [-0.15, -0.1) is 0 Å². The number of nitrogens with zero attached hydrogens (tertiary/aromatic N) is 2. The Morgan fingerprint density at radius 1 is 0.500 bits per heavy atom. The van der Waals surface area contributed by atoms with E-state index < -0.39 is 0 Å². The minimum absolute atomic E-state index is 0. The predicted molar refractivity (Wildman–Crippen MR) is 140 cm³/mol. The molecule has 5 heteroatoms. The Morgan fingerprint density at radius 2 is 0.824 bits per heavy atom. The summed E-state index contributed by atoms with van der Waals surface area (Å²) in [7, 11) is 0. The van der Waals surface area contributed by atoms with Gasteiger partial charge in [-0.25, -0.2) is 9.97 Å². The van der Waals surface area contributed by atoms with Crippen molar-refractivity contribution in [1.82, 2.24) is 19.9 Å². The van der Waals surface area contributed by atoms with Crippen molar-refractivity contribution >= 4 is 46.4 Å². The van der Waals surface area contributed by atoms with Crippen molar-refractivity contribution in [2.24, 2.45) is 0 Å². The molecule has 0 saturated heterocycles. The Balaban J connectivity index is 0.000000234. The fourth-order valence-corrected chi connectivity index (χ4v) is 3.84. The first kappa shape index (κ1) is 23.6. The normalized spacial score (nSPS) is 11.5. The number of aromatic amines is 2. The van der Waals surface area contributed by atoms with Crippen LogP contribution in [0.1, 0.15) is 39.5 Å². The molecule has 34 heavy (non-hydrogen) atoms. The summed E-state index contributed by atoms with van der Waals surface area (Å²) < 4.78 is 0. The predicted octanol–water partition coefficient (Wildman–Crippen LogP) is 7.26. The van der Waals surface area contributed by atoms with Crippen LogP contribution in [0.3, 0.4) is 0 Å². The van der Waals surface area contributed by atoms with E-state index in [9.17, 15) is 0 Å².